The van der Waals surface area contributed by atoms with E-state index in [9.17, 15) is 0 Å². The number of aromatic nitrogens is 2. The van der Waals surface area contributed by atoms with Crippen molar-refractivity contribution in [1.29, 1.82) is 0 Å². The number of hydrogen-bond donors (Lipinski definition) is 0. The molecule has 3 heteroatoms. The molecule has 0 amide bonds. The summed E-state index contributed by atoms with van der Waals surface area (Å²) in [6.45, 7) is 13.6. The predicted molar refractivity (Wildman–Crippen MR) is 196 cm³/mol. The van der Waals surface area contributed by atoms with E-state index in [0.717, 1.165) is 33.1 Å². The summed E-state index contributed by atoms with van der Waals surface area (Å²) in [6, 6.07) is 37.9. The standard InChI is InChI=1S/C42H36N2S/c1-41(2,3)27-17-19-30-31-20-18-28(42(4,5)6)23-35(31)39-38(34(30)22-27)43-24-36(44-39)26-12-9-11-25(21-26)29-14-10-15-33-32-13-7-8-16-37(32)45-40(29)33/h7-24H,1-6H3. The molecular weight excluding hydrogens is 565 g/mol. The fourth-order valence-electron chi connectivity index (χ4n) is 6.62. The Bertz CT molecular complexity index is 2450. The molecule has 2 heterocycles. The van der Waals surface area contributed by atoms with Gasteiger partial charge in [0.15, 0.2) is 0 Å². The first kappa shape index (κ1) is 27.9. The van der Waals surface area contributed by atoms with E-state index in [1.807, 2.05) is 17.5 Å². The molecule has 8 rings (SSSR count). The molecule has 8 aromatic rings. The van der Waals surface area contributed by atoms with Crippen LogP contribution in [-0.2, 0) is 10.8 Å². The molecule has 0 bridgehead atoms. The lowest BCUT2D eigenvalue weighted by atomic mass is 9.83. The van der Waals surface area contributed by atoms with E-state index < -0.39 is 0 Å². The van der Waals surface area contributed by atoms with Gasteiger partial charge in [0.05, 0.1) is 22.9 Å². The molecule has 0 spiro atoms. The second-order valence-electron chi connectivity index (χ2n) is 14.3. The summed E-state index contributed by atoms with van der Waals surface area (Å²) >= 11 is 1.87. The molecule has 0 atom stereocenters. The highest BCUT2D eigenvalue weighted by molar-refractivity contribution is 7.26. The van der Waals surface area contributed by atoms with Gasteiger partial charge in [0.25, 0.3) is 0 Å². The molecule has 0 aliphatic heterocycles. The number of rotatable bonds is 2. The maximum absolute atomic E-state index is 5.41. The Morgan fingerprint density at radius 3 is 1.84 bits per heavy atom. The van der Waals surface area contributed by atoms with Crippen molar-refractivity contribution >= 4 is 64.1 Å². The number of thiophene rings is 1. The fourth-order valence-corrected chi connectivity index (χ4v) is 7.86. The molecule has 220 valence electrons. The second-order valence-corrected chi connectivity index (χ2v) is 15.4. The second kappa shape index (κ2) is 9.95. The van der Waals surface area contributed by atoms with Crippen molar-refractivity contribution in [1.82, 2.24) is 9.97 Å². The van der Waals surface area contributed by atoms with Gasteiger partial charge >= 0.3 is 0 Å². The monoisotopic (exact) mass is 600 g/mol. The first-order valence-corrected chi connectivity index (χ1v) is 16.6. The summed E-state index contributed by atoms with van der Waals surface area (Å²) in [4.78, 5) is 10.6. The zero-order chi connectivity index (χ0) is 31.1. The lowest BCUT2D eigenvalue weighted by Gasteiger charge is -2.22. The molecule has 2 aromatic heterocycles. The third-order valence-electron chi connectivity index (χ3n) is 9.22. The molecule has 2 nitrogen and oxygen atoms in total. The molecule has 0 N–H and O–H groups in total. The van der Waals surface area contributed by atoms with Crippen LogP contribution in [0, 0.1) is 0 Å². The lowest BCUT2D eigenvalue weighted by Crippen LogP contribution is -2.11. The lowest BCUT2D eigenvalue weighted by molar-refractivity contribution is 0.591. The minimum Gasteiger partial charge on any atom is -0.252 e. The highest BCUT2D eigenvalue weighted by Crippen LogP contribution is 2.41. The normalized spacial score (nSPS) is 12.7. The largest absolute Gasteiger partial charge is 0.252 e. The average Bonchev–Trinajstić information content (AvgIpc) is 3.42. The third kappa shape index (κ3) is 4.60. The molecule has 0 unspecified atom stereocenters. The van der Waals surface area contributed by atoms with Crippen LogP contribution in [0.2, 0.25) is 0 Å². The van der Waals surface area contributed by atoms with Crippen molar-refractivity contribution in [2.45, 2.75) is 52.4 Å². The van der Waals surface area contributed by atoms with Crippen LogP contribution < -0.4 is 0 Å². The Morgan fingerprint density at radius 2 is 1.13 bits per heavy atom. The summed E-state index contributed by atoms with van der Waals surface area (Å²) in [5, 5.41) is 7.41. The smallest absolute Gasteiger partial charge is 0.0979 e. The molecule has 0 fully saturated rings. The van der Waals surface area contributed by atoms with Crippen LogP contribution in [0.5, 0.6) is 0 Å². The highest BCUT2D eigenvalue weighted by atomic mass is 32.1. The van der Waals surface area contributed by atoms with Crippen LogP contribution in [0.15, 0.2) is 109 Å². The van der Waals surface area contributed by atoms with Gasteiger partial charge < -0.3 is 0 Å². The molecule has 45 heavy (non-hydrogen) atoms. The minimum absolute atomic E-state index is 0.0263. The van der Waals surface area contributed by atoms with Gasteiger partial charge in [-0.1, -0.05) is 120 Å². The van der Waals surface area contributed by atoms with Gasteiger partial charge in [-0.25, -0.2) is 4.98 Å². The third-order valence-corrected chi connectivity index (χ3v) is 10.4. The molecule has 0 aliphatic carbocycles. The molecule has 6 aromatic carbocycles. The predicted octanol–water partition coefficient (Wildman–Crippen LogP) is 12.2. The van der Waals surface area contributed by atoms with Crippen molar-refractivity contribution in [3.63, 3.8) is 0 Å². The van der Waals surface area contributed by atoms with Crippen LogP contribution in [0.1, 0.15) is 52.7 Å². The summed E-state index contributed by atoms with van der Waals surface area (Å²) in [5.74, 6) is 0. The van der Waals surface area contributed by atoms with Gasteiger partial charge in [0.1, 0.15) is 0 Å². The van der Waals surface area contributed by atoms with E-state index in [1.54, 1.807) is 0 Å². The summed E-state index contributed by atoms with van der Waals surface area (Å²) < 4.78 is 2.64. The van der Waals surface area contributed by atoms with E-state index in [0.29, 0.717) is 0 Å². The molecular formula is C42H36N2S. The number of fused-ring (bicyclic) bond motifs is 9. The molecule has 0 radical (unpaired) electrons. The van der Waals surface area contributed by atoms with E-state index in [4.69, 9.17) is 9.97 Å². The Kier molecular flexibility index (Phi) is 6.17. The fraction of sp³-hybridized carbons (Fsp3) is 0.190. The molecule has 0 aliphatic rings. The summed E-state index contributed by atoms with van der Waals surface area (Å²) in [6.07, 6.45) is 1.96. The molecule has 0 saturated heterocycles. The Morgan fingerprint density at radius 1 is 0.511 bits per heavy atom. The molecule has 0 saturated carbocycles. The summed E-state index contributed by atoms with van der Waals surface area (Å²) in [7, 11) is 0. The number of benzene rings is 6. The Labute approximate surface area is 268 Å². The van der Waals surface area contributed by atoms with E-state index in [1.165, 1.54) is 53.2 Å². The van der Waals surface area contributed by atoms with Crippen LogP contribution >= 0.6 is 11.3 Å². The first-order valence-electron chi connectivity index (χ1n) is 15.7. The minimum atomic E-state index is 0.0263. The van der Waals surface area contributed by atoms with Gasteiger partial charge in [-0.15, -0.1) is 11.3 Å². The Hall–Kier alpha value is -4.60. The van der Waals surface area contributed by atoms with Crippen molar-refractivity contribution in [2.75, 3.05) is 0 Å². The van der Waals surface area contributed by atoms with Crippen LogP contribution in [0.3, 0.4) is 0 Å². The van der Waals surface area contributed by atoms with Crippen molar-refractivity contribution < 1.29 is 0 Å². The van der Waals surface area contributed by atoms with Crippen molar-refractivity contribution in [3.8, 4) is 22.4 Å². The van der Waals surface area contributed by atoms with Crippen molar-refractivity contribution in [3.05, 3.63) is 120 Å². The van der Waals surface area contributed by atoms with E-state index in [-0.39, 0.29) is 10.8 Å². The van der Waals surface area contributed by atoms with Gasteiger partial charge in [0.2, 0.25) is 0 Å². The van der Waals surface area contributed by atoms with Crippen LogP contribution in [-0.4, -0.2) is 9.97 Å². The Balaban J connectivity index is 1.36. The topological polar surface area (TPSA) is 25.8 Å². The highest BCUT2D eigenvalue weighted by Gasteiger charge is 2.20. The quantitative estimate of drug-likeness (QED) is 0.184. The van der Waals surface area contributed by atoms with Crippen molar-refractivity contribution in [2.24, 2.45) is 0 Å². The van der Waals surface area contributed by atoms with Gasteiger partial charge in [0, 0.05) is 36.5 Å². The first-order chi connectivity index (χ1) is 21.6. The van der Waals surface area contributed by atoms with Crippen LogP contribution in [0.4, 0.5) is 0 Å². The SMILES string of the molecule is CC(C)(C)c1ccc2c3ccc(C(C)(C)C)cc3c3nc(-c4cccc(-c5cccc6c5sc5ccccc56)c4)cnc3c2c1. The van der Waals surface area contributed by atoms with E-state index in [2.05, 4.69) is 145 Å². The van der Waals surface area contributed by atoms with Gasteiger partial charge in [-0.3, -0.25) is 4.98 Å². The maximum Gasteiger partial charge on any atom is 0.0979 e. The average molecular weight is 601 g/mol. The van der Waals surface area contributed by atoms with Gasteiger partial charge in [-0.05, 0) is 68.1 Å². The number of nitrogens with zero attached hydrogens (tertiary/aromatic N) is 2. The number of hydrogen-bond acceptors (Lipinski definition) is 3. The maximum atomic E-state index is 5.41. The zero-order valence-corrected chi connectivity index (χ0v) is 27.5. The van der Waals surface area contributed by atoms with Gasteiger partial charge in [-0.2, -0.15) is 0 Å². The van der Waals surface area contributed by atoms with E-state index >= 15 is 0 Å². The van der Waals surface area contributed by atoms with Crippen LogP contribution in [0.25, 0.3) is 75.1 Å². The summed E-state index contributed by atoms with van der Waals surface area (Å²) in [5.41, 5.74) is 9.00. The zero-order valence-electron chi connectivity index (χ0n) is 26.7.